The van der Waals surface area contributed by atoms with E-state index in [1.165, 1.54) is 0 Å². The standard InChI is InChI=1S/C10H14N2O2/c1-7(2)6-14-10(13)8-4-3-5-9(11)12-8/h3-5,7H,6H2,1-2H3,(H2,11,12). The Balaban J connectivity index is 2.61. The second-order valence-corrected chi connectivity index (χ2v) is 3.44. The summed E-state index contributed by atoms with van der Waals surface area (Å²) in [5, 5.41) is 0. The number of rotatable bonds is 3. The van der Waals surface area contributed by atoms with Gasteiger partial charge in [-0.3, -0.25) is 0 Å². The molecule has 4 nitrogen and oxygen atoms in total. The van der Waals surface area contributed by atoms with Crippen molar-refractivity contribution < 1.29 is 9.53 Å². The van der Waals surface area contributed by atoms with E-state index in [1.54, 1.807) is 18.2 Å². The summed E-state index contributed by atoms with van der Waals surface area (Å²) in [6, 6.07) is 4.88. The third-order valence-corrected chi connectivity index (χ3v) is 1.53. The largest absolute Gasteiger partial charge is 0.461 e. The van der Waals surface area contributed by atoms with Crippen molar-refractivity contribution in [1.82, 2.24) is 4.98 Å². The summed E-state index contributed by atoms with van der Waals surface area (Å²) in [4.78, 5) is 15.2. The number of ether oxygens (including phenoxy) is 1. The summed E-state index contributed by atoms with van der Waals surface area (Å²) in [6.45, 7) is 4.34. The van der Waals surface area contributed by atoms with Crippen molar-refractivity contribution in [3.05, 3.63) is 23.9 Å². The summed E-state index contributed by atoms with van der Waals surface area (Å²) >= 11 is 0. The molecule has 1 aromatic heterocycles. The molecule has 1 rings (SSSR count). The lowest BCUT2D eigenvalue weighted by atomic mass is 10.2. The molecule has 0 amide bonds. The molecule has 1 heterocycles. The maximum atomic E-state index is 11.4. The van der Waals surface area contributed by atoms with Crippen molar-refractivity contribution in [3.63, 3.8) is 0 Å². The van der Waals surface area contributed by atoms with Gasteiger partial charge in [0.1, 0.15) is 5.82 Å². The first-order valence-electron chi connectivity index (χ1n) is 4.49. The highest BCUT2D eigenvalue weighted by Crippen LogP contribution is 2.03. The lowest BCUT2D eigenvalue weighted by molar-refractivity contribution is 0.0452. The molecule has 0 bridgehead atoms. The zero-order valence-electron chi connectivity index (χ0n) is 8.36. The predicted octanol–water partition coefficient (Wildman–Crippen LogP) is 1.48. The van der Waals surface area contributed by atoms with E-state index in [4.69, 9.17) is 10.5 Å². The van der Waals surface area contributed by atoms with Crippen molar-refractivity contribution in [3.8, 4) is 0 Å². The van der Waals surface area contributed by atoms with Crippen molar-refractivity contribution in [2.24, 2.45) is 5.92 Å². The van der Waals surface area contributed by atoms with E-state index in [0.717, 1.165) is 0 Å². The minimum Gasteiger partial charge on any atom is -0.461 e. The molecular weight excluding hydrogens is 180 g/mol. The molecule has 4 heteroatoms. The number of hydrogen-bond acceptors (Lipinski definition) is 4. The molecule has 2 N–H and O–H groups in total. The van der Waals surface area contributed by atoms with Crippen molar-refractivity contribution in [2.45, 2.75) is 13.8 Å². The lowest BCUT2D eigenvalue weighted by Gasteiger charge is -2.06. The minimum atomic E-state index is -0.425. The number of hydrogen-bond donors (Lipinski definition) is 1. The number of carbonyl (C=O) groups excluding carboxylic acids is 1. The molecule has 0 fully saturated rings. The SMILES string of the molecule is CC(C)COC(=O)c1cccc(N)n1. The molecule has 0 saturated carbocycles. The van der Waals surface area contributed by atoms with Crippen LogP contribution in [0.15, 0.2) is 18.2 Å². The summed E-state index contributed by atoms with van der Waals surface area (Å²) < 4.78 is 4.99. The Kier molecular flexibility index (Phi) is 3.45. The molecule has 0 spiro atoms. The molecule has 0 aliphatic carbocycles. The molecule has 0 unspecified atom stereocenters. The Morgan fingerprint density at radius 3 is 2.86 bits per heavy atom. The third kappa shape index (κ3) is 3.05. The first kappa shape index (κ1) is 10.5. The second-order valence-electron chi connectivity index (χ2n) is 3.44. The van der Waals surface area contributed by atoms with Crippen LogP contribution in [-0.4, -0.2) is 17.6 Å². The number of nitrogens with zero attached hydrogens (tertiary/aromatic N) is 1. The molecule has 0 saturated heterocycles. The molecule has 0 aliphatic rings. The molecular formula is C10H14N2O2. The van der Waals surface area contributed by atoms with Gasteiger partial charge in [0, 0.05) is 0 Å². The van der Waals surface area contributed by atoms with Gasteiger partial charge < -0.3 is 10.5 Å². The average molecular weight is 194 g/mol. The molecule has 76 valence electrons. The van der Waals surface area contributed by atoms with Crippen LogP contribution < -0.4 is 5.73 Å². The number of anilines is 1. The zero-order valence-corrected chi connectivity index (χ0v) is 8.36. The number of nitrogens with two attached hydrogens (primary N) is 1. The van der Waals surface area contributed by atoms with Gasteiger partial charge in [-0.15, -0.1) is 0 Å². The van der Waals surface area contributed by atoms with E-state index in [9.17, 15) is 4.79 Å². The maximum absolute atomic E-state index is 11.4. The zero-order chi connectivity index (χ0) is 10.6. The first-order chi connectivity index (χ1) is 6.59. The predicted molar refractivity (Wildman–Crippen MR) is 53.8 cm³/mol. The van der Waals surface area contributed by atoms with E-state index < -0.39 is 5.97 Å². The maximum Gasteiger partial charge on any atom is 0.357 e. The van der Waals surface area contributed by atoms with Gasteiger partial charge in [-0.25, -0.2) is 9.78 Å². The van der Waals surface area contributed by atoms with Crippen LogP contribution in [0.5, 0.6) is 0 Å². The molecule has 0 atom stereocenters. The van der Waals surface area contributed by atoms with Crippen molar-refractivity contribution in [2.75, 3.05) is 12.3 Å². The third-order valence-electron chi connectivity index (χ3n) is 1.53. The number of aromatic nitrogens is 1. The Morgan fingerprint density at radius 2 is 2.29 bits per heavy atom. The fraction of sp³-hybridized carbons (Fsp3) is 0.400. The van der Waals surface area contributed by atoms with Gasteiger partial charge in [-0.1, -0.05) is 19.9 Å². The number of esters is 1. The van der Waals surface area contributed by atoms with E-state index in [0.29, 0.717) is 18.3 Å². The summed E-state index contributed by atoms with van der Waals surface area (Å²) in [5.41, 5.74) is 5.69. The Morgan fingerprint density at radius 1 is 1.57 bits per heavy atom. The van der Waals surface area contributed by atoms with Crippen LogP contribution in [0.25, 0.3) is 0 Å². The normalized spacial score (nSPS) is 10.2. The topological polar surface area (TPSA) is 65.2 Å². The van der Waals surface area contributed by atoms with E-state index in [2.05, 4.69) is 4.98 Å². The summed E-state index contributed by atoms with van der Waals surface area (Å²) in [6.07, 6.45) is 0. The van der Waals surface area contributed by atoms with Crippen LogP contribution in [0.3, 0.4) is 0 Å². The molecule has 0 radical (unpaired) electrons. The fourth-order valence-corrected chi connectivity index (χ4v) is 0.881. The van der Waals surface area contributed by atoms with Gasteiger partial charge in [0.25, 0.3) is 0 Å². The van der Waals surface area contributed by atoms with E-state index in [1.807, 2.05) is 13.8 Å². The Hall–Kier alpha value is -1.58. The smallest absolute Gasteiger partial charge is 0.357 e. The minimum absolute atomic E-state index is 0.255. The summed E-state index contributed by atoms with van der Waals surface area (Å²) in [5.74, 6) is 0.218. The van der Waals surface area contributed by atoms with Crippen molar-refractivity contribution in [1.29, 1.82) is 0 Å². The Labute approximate surface area is 83.1 Å². The van der Waals surface area contributed by atoms with E-state index >= 15 is 0 Å². The molecule has 1 aromatic rings. The second kappa shape index (κ2) is 4.60. The van der Waals surface area contributed by atoms with Gasteiger partial charge in [0.2, 0.25) is 0 Å². The number of pyridine rings is 1. The molecule has 14 heavy (non-hydrogen) atoms. The van der Waals surface area contributed by atoms with Crippen LogP contribution in [-0.2, 0) is 4.74 Å². The van der Waals surface area contributed by atoms with Gasteiger partial charge >= 0.3 is 5.97 Å². The van der Waals surface area contributed by atoms with E-state index in [-0.39, 0.29) is 5.69 Å². The highest BCUT2D eigenvalue weighted by molar-refractivity contribution is 5.87. The van der Waals surface area contributed by atoms with Crippen LogP contribution in [0, 0.1) is 5.92 Å². The van der Waals surface area contributed by atoms with Crippen LogP contribution in [0.4, 0.5) is 5.82 Å². The van der Waals surface area contributed by atoms with Crippen LogP contribution in [0.2, 0.25) is 0 Å². The average Bonchev–Trinajstić information content (AvgIpc) is 2.14. The van der Waals surface area contributed by atoms with Crippen LogP contribution in [0.1, 0.15) is 24.3 Å². The van der Waals surface area contributed by atoms with Gasteiger partial charge in [-0.05, 0) is 18.1 Å². The quantitative estimate of drug-likeness (QED) is 0.740. The Bertz CT molecular complexity index is 324. The number of carbonyl (C=O) groups is 1. The van der Waals surface area contributed by atoms with Gasteiger partial charge in [0.15, 0.2) is 5.69 Å². The highest BCUT2D eigenvalue weighted by atomic mass is 16.5. The van der Waals surface area contributed by atoms with Crippen molar-refractivity contribution >= 4 is 11.8 Å². The van der Waals surface area contributed by atoms with Gasteiger partial charge in [-0.2, -0.15) is 0 Å². The van der Waals surface area contributed by atoms with Crippen LogP contribution >= 0.6 is 0 Å². The molecule has 0 aromatic carbocycles. The first-order valence-corrected chi connectivity index (χ1v) is 4.49. The van der Waals surface area contributed by atoms with Gasteiger partial charge in [0.05, 0.1) is 6.61 Å². The number of nitrogen functional groups attached to an aromatic ring is 1. The lowest BCUT2D eigenvalue weighted by Crippen LogP contribution is -2.12. The molecule has 0 aliphatic heterocycles. The highest BCUT2D eigenvalue weighted by Gasteiger charge is 2.09. The fourth-order valence-electron chi connectivity index (χ4n) is 0.881. The summed E-state index contributed by atoms with van der Waals surface area (Å²) in [7, 11) is 0. The monoisotopic (exact) mass is 194 g/mol.